The number of carbonyl (C=O) groups is 2. The van der Waals surface area contributed by atoms with Crippen molar-refractivity contribution in [3.8, 4) is 0 Å². The van der Waals surface area contributed by atoms with Gasteiger partial charge in [0.15, 0.2) is 0 Å². The molecule has 0 aromatic heterocycles. The lowest BCUT2D eigenvalue weighted by Gasteiger charge is -2.31. The van der Waals surface area contributed by atoms with Crippen LogP contribution in [0.4, 0.5) is 4.39 Å². The van der Waals surface area contributed by atoms with Gasteiger partial charge in [0.2, 0.25) is 5.91 Å². The smallest absolute Gasteiger partial charge is 0.323 e. The third kappa shape index (κ3) is 3.56. The molecule has 0 heterocycles. The Balaban J connectivity index is 3.08. The first-order valence-electron chi connectivity index (χ1n) is 6.56. The third-order valence-corrected chi connectivity index (χ3v) is 3.19. The summed E-state index contributed by atoms with van der Waals surface area (Å²) in [4.78, 5) is 24.6. The molecule has 0 spiro atoms. The number of carboxylic acid groups (broad SMARTS) is 1. The maximum Gasteiger partial charge on any atom is 0.323 e. The van der Waals surface area contributed by atoms with Crippen LogP contribution < -0.4 is 0 Å². The van der Waals surface area contributed by atoms with Crippen LogP contribution in [-0.2, 0) is 15.0 Å². The number of halogens is 1. The molecular weight excluding hydrogens is 261 g/mol. The predicted molar refractivity (Wildman–Crippen MR) is 73.9 cm³/mol. The van der Waals surface area contributed by atoms with Crippen LogP contribution in [0.5, 0.6) is 0 Å². The van der Waals surface area contributed by atoms with Crippen LogP contribution in [0.15, 0.2) is 24.3 Å². The van der Waals surface area contributed by atoms with E-state index < -0.39 is 17.2 Å². The number of nitrogens with zero attached hydrogens (tertiary/aromatic N) is 1. The van der Waals surface area contributed by atoms with Crippen molar-refractivity contribution in [2.75, 3.05) is 13.1 Å². The maximum absolute atomic E-state index is 13.9. The van der Waals surface area contributed by atoms with Crippen molar-refractivity contribution in [2.45, 2.75) is 32.6 Å². The summed E-state index contributed by atoms with van der Waals surface area (Å²) >= 11 is 0. The van der Waals surface area contributed by atoms with Gasteiger partial charge in [-0.3, -0.25) is 9.59 Å². The fourth-order valence-electron chi connectivity index (χ4n) is 2.16. The van der Waals surface area contributed by atoms with Gasteiger partial charge in [0, 0.05) is 12.1 Å². The molecule has 1 rings (SSSR count). The minimum absolute atomic E-state index is 0.275. The van der Waals surface area contributed by atoms with Gasteiger partial charge in [-0.25, -0.2) is 4.39 Å². The minimum Gasteiger partial charge on any atom is -0.480 e. The van der Waals surface area contributed by atoms with Crippen molar-refractivity contribution in [1.29, 1.82) is 0 Å². The van der Waals surface area contributed by atoms with Crippen molar-refractivity contribution in [3.63, 3.8) is 0 Å². The summed E-state index contributed by atoms with van der Waals surface area (Å²) in [5.74, 6) is -1.92. The van der Waals surface area contributed by atoms with Crippen LogP contribution in [-0.4, -0.2) is 35.0 Å². The largest absolute Gasteiger partial charge is 0.480 e. The molecule has 5 heteroatoms. The Labute approximate surface area is 118 Å². The second-order valence-corrected chi connectivity index (χ2v) is 5.23. The average Bonchev–Trinajstić information content (AvgIpc) is 2.37. The predicted octanol–water partition coefficient (Wildman–Crippen LogP) is 2.43. The zero-order valence-electron chi connectivity index (χ0n) is 12.0. The van der Waals surface area contributed by atoms with Gasteiger partial charge in [-0.05, 0) is 26.3 Å². The van der Waals surface area contributed by atoms with E-state index in [1.807, 2.05) is 6.92 Å². The van der Waals surface area contributed by atoms with Gasteiger partial charge < -0.3 is 10.0 Å². The molecule has 0 aliphatic carbocycles. The summed E-state index contributed by atoms with van der Waals surface area (Å²) in [5, 5.41) is 8.88. The number of hydrogen-bond donors (Lipinski definition) is 1. The number of rotatable bonds is 6. The molecule has 1 aromatic carbocycles. The summed E-state index contributed by atoms with van der Waals surface area (Å²) < 4.78 is 13.9. The molecule has 1 N–H and O–H groups in total. The van der Waals surface area contributed by atoms with Crippen molar-refractivity contribution < 1.29 is 19.1 Å². The molecule has 0 saturated carbocycles. The molecular formula is C15H20FNO3. The molecule has 0 atom stereocenters. The lowest BCUT2D eigenvalue weighted by Crippen LogP contribution is -2.46. The van der Waals surface area contributed by atoms with Crippen molar-refractivity contribution in [3.05, 3.63) is 35.6 Å². The lowest BCUT2D eigenvalue weighted by atomic mass is 9.82. The van der Waals surface area contributed by atoms with Gasteiger partial charge in [-0.1, -0.05) is 25.1 Å². The van der Waals surface area contributed by atoms with E-state index in [2.05, 4.69) is 0 Å². The normalized spacial score (nSPS) is 11.2. The molecule has 4 nitrogen and oxygen atoms in total. The SMILES string of the molecule is CCCN(CC(=O)O)C(=O)C(C)(C)c1ccccc1F. The van der Waals surface area contributed by atoms with E-state index in [-0.39, 0.29) is 18.0 Å². The Morgan fingerprint density at radius 2 is 1.90 bits per heavy atom. The summed E-state index contributed by atoms with van der Waals surface area (Å²) in [6.45, 7) is 5.04. The Morgan fingerprint density at radius 3 is 2.40 bits per heavy atom. The number of amides is 1. The van der Waals surface area contributed by atoms with Crippen LogP contribution in [0.1, 0.15) is 32.8 Å². The third-order valence-electron chi connectivity index (χ3n) is 3.19. The van der Waals surface area contributed by atoms with Gasteiger partial charge in [0.1, 0.15) is 12.4 Å². The zero-order chi connectivity index (χ0) is 15.3. The molecule has 0 saturated heterocycles. The Bertz CT molecular complexity index is 500. The molecule has 0 fully saturated rings. The van der Waals surface area contributed by atoms with Crippen LogP contribution >= 0.6 is 0 Å². The molecule has 0 bridgehead atoms. The summed E-state index contributed by atoms with van der Waals surface area (Å²) in [6.07, 6.45) is 0.645. The number of benzene rings is 1. The van der Waals surface area contributed by atoms with E-state index >= 15 is 0 Å². The second kappa shape index (κ2) is 6.50. The fourth-order valence-corrected chi connectivity index (χ4v) is 2.16. The van der Waals surface area contributed by atoms with Gasteiger partial charge in [-0.2, -0.15) is 0 Å². The van der Waals surface area contributed by atoms with E-state index in [0.29, 0.717) is 13.0 Å². The highest BCUT2D eigenvalue weighted by molar-refractivity contribution is 5.89. The van der Waals surface area contributed by atoms with Crippen LogP contribution in [0.2, 0.25) is 0 Å². The quantitative estimate of drug-likeness (QED) is 0.871. The molecule has 20 heavy (non-hydrogen) atoms. The van der Waals surface area contributed by atoms with Crippen LogP contribution in [0.25, 0.3) is 0 Å². The standard InChI is InChI=1S/C15H20FNO3/c1-4-9-17(10-13(18)19)14(20)15(2,3)11-7-5-6-8-12(11)16/h5-8H,4,9-10H2,1-3H3,(H,18,19). The molecule has 0 unspecified atom stereocenters. The number of carboxylic acids is 1. The van der Waals surface area contributed by atoms with Crippen LogP contribution in [0.3, 0.4) is 0 Å². The molecule has 0 aliphatic rings. The van der Waals surface area contributed by atoms with E-state index in [9.17, 15) is 14.0 Å². The summed E-state index contributed by atoms with van der Waals surface area (Å²) in [5.41, 5.74) is -0.827. The molecule has 1 amide bonds. The molecule has 0 aliphatic heterocycles. The van der Waals surface area contributed by atoms with E-state index in [1.54, 1.807) is 32.0 Å². The number of aliphatic carboxylic acids is 1. The number of hydrogen-bond acceptors (Lipinski definition) is 2. The van der Waals surface area contributed by atoms with E-state index in [0.717, 1.165) is 0 Å². The van der Waals surface area contributed by atoms with Gasteiger partial charge in [-0.15, -0.1) is 0 Å². The highest BCUT2D eigenvalue weighted by Crippen LogP contribution is 2.28. The van der Waals surface area contributed by atoms with Crippen molar-refractivity contribution in [1.82, 2.24) is 4.90 Å². The zero-order valence-corrected chi connectivity index (χ0v) is 12.0. The van der Waals surface area contributed by atoms with Crippen molar-refractivity contribution >= 4 is 11.9 Å². The average molecular weight is 281 g/mol. The Morgan fingerprint density at radius 1 is 1.30 bits per heavy atom. The highest BCUT2D eigenvalue weighted by Gasteiger charge is 2.36. The van der Waals surface area contributed by atoms with Gasteiger partial charge in [0.25, 0.3) is 0 Å². The Hall–Kier alpha value is -1.91. The van der Waals surface area contributed by atoms with Crippen LogP contribution in [0, 0.1) is 5.82 Å². The molecule has 110 valence electrons. The van der Waals surface area contributed by atoms with E-state index in [4.69, 9.17) is 5.11 Å². The summed E-state index contributed by atoms with van der Waals surface area (Å²) in [6, 6.07) is 6.07. The first-order valence-corrected chi connectivity index (χ1v) is 6.56. The van der Waals surface area contributed by atoms with Gasteiger partial charge in [0.05, 0.1) is 5.41 Å². The highest BCUT2D eigenvalue weighted by atomic mass is 19.1. The molecule has 1 aromatic rings. The lowest BCUT2D eigenvalue weighted by molar-refractivity contribution is -0.146. The van der Waals surface area contributed by atoms with E-state index in [1.165, 1.54) is 11.0 Å². The van der Waals surface area contributed by atoms with Gasteiger partial charge >= 0.3 is 5.97 Å². The summed E-state index contributed by atoms with van der Waals surface area (Å²) in [7, 11) is 0. The minimum atomic E-state index is -1.10. The fraction of sp³-hybridized carbons (Fsp3) is 0.467. The first-order chi connectivity index (χ1) is 9.30. The maximum atomic E-state index is 13.9. The topological polar surface area (TPSA) is 57.6 Å². The van der Waals surface area contributed by atoms with Crippen molar-refractivity contribution in [2.24, 2.45) is 0 Å². The Kier molecular flexibility index (Phi) is 5.25. The monoisotopic (exact) mass is 281 g/mol. The first kappa shape index (κ1) is 16.1. The molecule has 0 radical (unpaired) electrons. The number of carbonyl (C=O) groups excluding carboxylic acids is 1. The second-order valence-electron chi connectivity index (χ2n) is 5.23.